The Hall–Kier alpha value is -2.89. The molecule has 0 radical (unpaired) electrons. The summed E-state index contributed by atoms with van der Waals surface area (Å²) < 4.78 is 13.3. The third kappa shape index (κ3) is 6.40. The van der Waals surface area contributed by atoms with Crippen molar-refractivity contribution >= 4 is 11.9 Å². The van der Waals surface area contributed by atoms with E-state index in [0.717, 1.165) is 11.1 Å². The average molecular weight is 370 g/mol. The molecule has 0 aliphatic rings. The quantitative estimate of drug-likeness (QED) is 0.582. The average Bonchev–Trinajstić information content (AvgIpc) is 2.69. The third-order valence-corrected chi connectivity index (χ3v) is 4.26. The van der Waals surface area contributed by atoms with Crippen molar-refractivity contribution in [2.45, 2.75) is 26.9 Å². The largest absolute Gasteiger partial charge is 0.352 e. The van der Waals surface area contributed by atoms with Crippen molar-refractivity contribution in [1.82, 2.24) is 15.5 Å². The van der Waals surface area contributed by atoms with Gasteiger partial charge in [0.1, 0.15) is 5.82 Å². The Morgan fingerprint density at radius 2 is 1.85 bits per heavy atom. The Kier molecular flexibility index (Phi) is 7.79. The molecule has 0 aromatic heterocycles. The van der Waals surface area contributed by atoms with Crippen molar-refractivity contribution in [3.05, 3.63) is 71.0 Å². The van der Waals surface area contributed by atoms with Crippen LogP contribution in [0.5, 0.6) is 0 Å². The molecule has 6 heteroatoms. The molecule has 27 heavy (non-hydrogen) atoms. The summed E-state index contributed by atoms with van der Waals surface area (Å²) in [7, 11) is 1.65. The van der Waals surface area contributed by atoms with Crippen LogP contribution in [0.15, 0.2) is 53.5 Å². The van der Waals surface area contributed by atoms with Gasteiger partial charge in [-0.2, -0.15) is 0 Å². The van der Waals surface area contributed by atoms with Gasteiger partial charge in [-0.3, -0.25) is 9.79 Å². The van der Waals surface area contributed by atoms with Crippen molar-refractivity contribution in [3.63, 3.8) is 0 Å². The SMILES string of the molecule is CCN(Cc1ccccc1)C(=O)CNC(=NC)NCc1ccc(F)c(C)c1. The van der Waals surface area contributed by atoms with Crippen molar-refractivity contribution in [1.29, 1.82) is 0 Å². The minimum Gasteiger partial charge on any atom is -0.352 e. The molecule has 5 nitrogen and oxygen atoms in total. The Morgan fingerprint density at radius 1 is 1.11 bits per heavy atom. The van der Waals surface area contributed by atoms with Gasteiger partial charge < -0.3 is 15.5 Å². The van der Waals surface area contributed by atoms with E-state index >= 15 is 0 Å². The molecular formula is C21H27FN4O. The van der Waals surface area contributed by atoms with Gasteiger partial charge in [-0.25, -0.2) is 4.39 Å². The first kappa shape index (κ1) is 20.4. The lowest BCUT2D eigenvalue weighted by molar-refractivity contribution is -0.130. The van der Waals surface area contributed by atoms with Crippen LogP contribution in [-0.2, 0) is 17.9 Å². The van der Waals surface area contributed by atoms with Gasteiger partial charge in [0, 0.05) is 26.7 Å². The zero-order valence-corrected chi connectivity index (χ0v) is 16.1. The Bertz CT molecular complexity index is 777. The number of amides is 1. The standard InChI is InChI=1S/C21H27FN4O/c1-4-26(15-17-8-6-5-7-9-17)20(27)14-25-21(23-3)24-13-18-10-11-19(22)16(2)12-18/h5-12H,4,13-15H2,1-3H3,(H2,23,24,25). The lowest BCUT2D eigenvalue weighted by Crippen LogP contribution is -2.44. The van der Waals surface area contributed by atoms with Gasteiger partial charge in [-0.1, -0.05) is 42.5 Å². The highest BCUT2D eigenvalue weighted by Gasteiger charge is 2.12. The number of carbonyl (C=O) groups is 1. The molecule has 2 rings (SSSR count). The maximum atomic E-state index is 13.3. The fourth-order valence-electron chi connectivity index (χ4n) is 2.67. The highest BCUT2D eigenvalue weighted by molar-refractivity contribution is 5.86. The number of halogens is 1. The van der Waals surface area contributed by atoms with E-state index in [1.165, 1.54) is 6.07 Å². The summed E-state index contributed by atoms with van der Waals surface area (Å²) in [6, 6.07) is 14.9. The second kappa shape index (κ2) is 10.3. The molecule has 0 aliphatic heterocycles. The minimum absolute atomic E-state index is 0.00179. The third-order valence-electron chi connectivity index (χ3n) is 4.26. The van der Waals surface area contributed by atoms with Gasteiger partial charge in [0.15, 0.2) is 5.96 Å². The predicted molar refractivity (Wildman–Crippen MR) is 107 cm³/mol. The molecular weight excluding hydrogens is 343 g/mol. The molecule has 0 saturated heterocycles. The number of guanidine groups is 1. The van der Waals surface area contributed by atoms with Gasteiger partial charge >= 0.3 is 0 Å². The van der Waals surface area contributed by atoms with Crippen molar-refractivity contribution in [3.8, 4) is 0 Å². The van der Waals surface area contributed by atoms with Gasteiger partial charge in [0.25, 0.3) is 0 Å². The number of carbonyl (C=O) groups excluding carboxylic acids is 1. The summed E-state index contributed by atoms with van der Waals surface area (Å²) in [4.78, 5) is 18.4. The zero-order chi connectivity index (χ0) is 19.6. The second-order valence-electron chi connectivity index (χ2n) is 6.26. The molecule has 2 aromatic rings. The van der Waals surface area contributed by atoms with Crippen LogP contribution in [0.1, 0.15) is 23.6 Å². The van der Waals surface area contributed by atoms with E-state index in [2.05, 4.69) is 15.6 Å². The summed E-state index contributed by atoms with van der Waals surface area (Å²) >= 11 is 0. The fraction of sp³-hybridized carbons (Fsp3) is 0.333. The lowest BCUT2D eigenvalue weighted by Gasteiger charge is -2.22. The number of nitrogens with zero attached hydrogens (tertiary/aromatic N) is 2. The molecule has 0 spiro atoms. The van der Waals surface area contributed by atoms with E-state index in [4.69, 9.17) is 0 Å². The normalized spacial score (nSPS) is 11.2. The smallest absolute Gasteiger partial charge is 0.242 e. The first-order valence-electron chi connectivity index (χ1n) is 9.04. The predicted octanol–water partition coefficient (Wildman–Crippen LogP) is 2.85. The maximum absolute atomic E-state index is 13.3. The van der Waals surface area contributed by atoms with E-state index < -0.39 is 0 Å². The number of hydrogen-bond acceptors (Lipinski definition) is 2. The van der Waals surface area contributed by atoms with Crippen molar-refractivity contribution < 1.29 is 9.18 Å². The second-order valence-corrected chi connectivity index (χ2v) is 6.26. The molecule has 1 amide bonds. The molecule has 2 aromatic carbocycles. The van der Waals surface area contributed by atoms with Crippen LogP contribution in [-0.4, -0.2) is 36.9 Å². The number of benzene rings is 2. The highest BCUT2D eigenvalue weighted by Crippen LogP contribution is 2.09. The number of likely N-dealkylation sites (N-methyl/N-ethyl adjacent to an activating group) is 1. The molecule has 2 N–H and O–H groups in total. The van der Waals surface area contributed by atoms with Gasteiger partial charge in [0.05, 0.1) is 6.54 Å². The van der Waals surface area contributed by atoms with Crippen LogP contribution in [0.2, 0.25) is 0 Å². The van der Waals surface area contributed by atoms with E-state index in [1.807, 2.05) is 37.3 Å². The minimum atomic E-state index is -0.218. The lowest BCUT2D eigenvalue weighted by atomic mass is 10.1. The Labute approximate surface area is 160 Å². The number of aliphatic imine (C=N–C) groups is 1. The molecule has 0 aliphatic carbocycles. The zero-order valence-electron chi connectivity index (χ0n) is 16.1. The highest BCUT2D eigenvalue weighted by atomic mass is 19.1. The summed E-state index contributed by atoms with van der Waals surface area (Å²) in [5, 5.41) is 6.18. The van der Waals surface area contributed by atoms with Crippen LogP contribution in [0.3, 0.4) is 0 Å². The Balaban J connectivity index is 1.84. The van der Waals surface area contributed by atoms with Crippen LogP contribution < -0.4 is 10.6 Å². The Morgan fingerprint density at radius 3 is 2.48 bits per heavy atom. The number of rotatable bonds is 7. The van der Waals surface area contributed by atoms with Crippen molar-refractivity contribution in [2.75, 3.05) is 20.1 Å². The fourth-order valence-corrected chi connectivity index (χ4v) is 2.67. The molecule has 144 valence electrons. The van der Waals surface area contributed by atoms with Crippen LogP contribution in [0.4, 0.5) is 4.39 Å². The summed E-state index contributed by atoms with van der Waals surface area (Å²) in [5.41, 5.74) is 2.65. The van der Waals surface area contributed by atoms with Crippen molar-refractivity contribution in [2.24, 2.45) is 4.99 Å². The summed E-state index contributed by atoms with van der Waals surface area (Å²) in [6.45, 7) is 5.57. The molecule has 0 bridgehead atoms. The number of nitrogens with one attached hydrogen (secondary N) is 2. The molecule has 0 heterocycles. The number of hydrogen-bond donors (Lipinski definition) is 2. The maximum Gasteiger partial charge on any atom is 0.242 e. The van der Waals surface area contributed by atoms with E-state index in [9.17, 15) is 9.18 Å². The van der Waals surface area contributed by atoms with Crippen LogP contribution in [0.25, 0.3) is 0 Å². The van der Waals surface area contributed by atoms with E-state index in [0.29, 0.717) is 31.2 Å². The summed E-state index contributed by atoms with van der Waals surface area (Å²) in [6.07, 6.45) is 0. The number of aryl methyl sites for hydroxylation is 1. The monoisotopic (exact) mass is 370 g/mol. The first-order chi connectivity index (χ1) is 13.0. The molecule has 0 atom stereocenters. The first-order valence-corrected chi connectivity index (χ1v) is 9.04. The van der Waals surface area contributed by atoms with Crippen LogP contribution >= 0.6 is 0 Å². The van der Waals surface area contributed by atoms with E-state index in [-0.39, 0.29) is 18.3 Å². The molecule has 0 fully saturated rings. The van der Waals surface area contributed by atoms with Gasteiger partial charge in [-0.05, 0) is 36.6 Å². The molecule has 0 unspecified atom stereocenters. The van der Waals surface area contributed by atoms with E-state index in [1.54, 1.807) is 31.0 Å². The molecule has 0 saturated carbocycles. The van der Waals surface area contributed by atoms with Gasteiger partial charge in [-0.15, -0.1) is 0 Å². The topological polar surface area (TPSA) is 56.7 Å². The summed E-state index contributed by atoms with van der Waals surface area (Å²) in [5.74, 6) is 0.313. The van der Waals surface area contributed by atoms with Crippen LogP contribution in [0, 0.1) is 12.7 Å². The van der Waals surface area contributed by atoms with Gasteiger partial charge in [0.2, 0.25) is 5.91 Å².